The van der Waals surface area contributed by atoms with Crippen LogP contribution in [0.15, 0.2) is 62.7 Å². The largest absolute Gasteiger partial charge is 0.494 e. The molecule has 0 radical (unpaired) electrons. The van der Waals surface area contributed by atoms with E-state index < -0.39 is 0 Å². The maximum atomic E-state index is 13.2. The second-order valence-electron chi connectivity index (χ2n) is 9.19. The lowest BCUT2D eigenvalue weighted by Gasteiger charge is -2.24. The van der Waals surface area contributed by atoms with E-state index >= 15 is 0 Å². The zero-order valence-corrected chi connectivity index (χ0v) is 23.8. The van der Waals surface area contributed by atoms with Crippen molar-refractivity contribution in [3.8, 4) is 5.75 Å². The molecule has 1 saturated heterocycles. The molecule has 5 rings (SSSR count). The van der Waals surface area contributed by atoms with Gasteiger partial charge in [0.15, 0.2) is 5.16 Å². The molecule has 198 valence electrons. The van der Waals surface area contributed by atoms with Crippen LogP contribution >= 0.6 is 35.1 Å². The van der Waals surface area contributed by atoms with Crippen LogP contribution in [0.25, 0.3) is 0 Å². The van der Waals surface area contributed by atoms with E-state index in [-0.39, 0.29) is 11.4 Å². The van der Waals surface area contributed by atoms with Crippen LogP contribution in [0.5, 0.6) is 5.75 Å². The summed E-state index contributed by atoms with van der Waals surface area (Å²) in [6.07, 6.45) is 5.00. The van der Waals surface area contributed by atoms with Gasteiger partial charge in [-0.3, -0.25) is 10.1 Å². The number of aromatic nitrogens is 6. The smallest absolute Gasteiger partial charge is 0.277 e. The first-order chi connectivity index (χ1) is 18.4. The van der Waals surface area contributed by atoms with Gasteiger partial charge in [-0.1, -0.05) is 11.8 Å². The van der Waals surface area contributed by atoms with E-state index in [9.17, 15) is 4.79 Å². The lowest BCUT2D eigenvalue weighted by Crippen LogP contribution is -2.37. The minimum atomic E-state index is -0.349. The predicted molar refractivity (Wildman–Crippen MR) is 148 cm³/mol. The first-order valence-corrected chi connectivity index (χ1v) is 14.6. The van der Waals surface area contributed by atoms with Gasteiger partial charge in [0.1, 0.15) is 28.6 Å². The first-order valence-electron chi connectivity index (χ1n) is 12.2. The molecule has 38 heavy (non-hydrogen) atoms. The number of nitrogens with one attached hydrogen (secondary N) is 2. The Kier molecular flexibility index (Phi) is 8.27. The van der Waals surface area contributed by atoms with Crippen molar-refractivity contribution in [2.24, 2.45) is 7.05 Å². The highest BCUT2D eigenvalue weighted by atomic mass is 32.2. The number of pyridine rings is 1. The van der Waals surface area contributed by atoms with Crippen LogP contribution in [-0.2, 0) is 7.05 Å². The average molecular weight is 569 g/mol. The number of amides is 1. The second-order valence-corrected chi connectivity index (χ2v) is 12.0. The van der Waals surface area contributed by atoms with Crippen LogP contribution in [0.4, 0.5) is 5.13 Å². The minimum absolute atomic E-state index is 0.171. The fraction of sp³-hybridized carbons (Fsp3) is 0.360. The Hall–Kier alpha value is -3.00. The molecule has 1 fully saturated rings. The molecule has 1 amide bonds. The van der Waals surface area contributed by atoms with E-state index in [1.165, 1.54) is 36.4 Å². The standard InChI is InChI=1S/C25H28N8O2S3/c1-16-28-23(38-32-16)30-22(34)21-19(9-10-20(29-21)37-24-31-27-15-33(24)3)36-18-7-5-17(6-8-18)35-14-12-25(2)11-4-13-26-25/h5-10,15,26H,4,11-14H2,1-3H3,(H,28,30,32,34)/t25-/m0/s1. The van der Waals surface area contributed by atoms with Crippen molar-refractivity contribution in [3.63, 3.8) is 0 Å². The molecule has 10 nitrogen and oxygen atoms in total. The van der Waals surface area contributed by atoms with Crippen molar-refractivity contribution >= 4 is 46.1 Å². The summed E-state index contributed by atoms with van der Waals surface area (Å²) < 4.78 is 11.9. The average Bonchev–Trinajstić information content (AvgIpc) is 3.63. The molecule has 0 aliphatic carbocycles. The molecule has 3 aromatic heterocycles. The Balaban J connectivity index is 1.30. The topological polar surface area (TPSA) is 120 Å². The third-order valence-electron chi connectivity index (χ3n) is 6.09. The highest BCUT2D eigenvalue weighted by Gasteiger charge is 2.27. The number of anilines is 1. The number of aryl methyl sites for hydroxylation is 2. The summed E-state index contributed by atoms with van der Waals surface area (Å²) in [5.74, 6) is 1.09. The van der Waals surface area contributed by atoms with Gasteiger partial charge < -0.3 is 14.6 Å². The molecule has 1 atom stereocenters. The third kappa shape index (κ3) is 6.70. The molecule has 4 heterocycles. The van der Waals surface area contributed by atoms with Crippen LogP contribution in [0.3, 0.4) is 0 Å². The minimum Gasteiger partial charge on any atom is -0.494 e. The molecule has 1 aliphatic heterocycles. The number of rotatable bonds is 10. The van der Waals surface area contributed by atoms with E-state index in [0.29, 0.717) is 33.4 Å². The number of carbonyl (C=O) groups is 1. The van der Waals surface area contributed by atoms with Gasteiger partial charge in [0.05, 0.1) is 6.61 Å². The molecule has 0 saturated carbocycles. The number of benzene rings is 1. The summed E-state index contributed by atoms with van der Waals surface area (Å²) in [6.45, 7) is 5.79. The molecule has 1 aliphatic rings. The molecule has 4 aromatic rings. The summed E-state index contributed by atoms with van der Waals surface area (Å²) >= 11 is 3.94. The summed E-state index contributed by atoms with van der Waals surface area (Å²) in [4.78, 5) is 23.8. The number of nitrogens with zero attached hydrogens (tertiary/aromatic N) is 6. The van der Waals surface area contributed by atoms with E-state index in [4.69, 9.17) is 4.74 Å². The Morgan fingerprint density at radius 1 is 1.21 bits per heavy atom. The van der Waals surface area contributed by atoms with Crippen LogP contribution in [-0.4, -0.2) is 53.7 Å². The van der Waals surface area contributed by atoms with Gasteiger partial charge in [0.2, 0.25) is 5.13 Å². The van der Waals surface area contributed by atoms with Gasteiger partial charge in [-0.15, -0.1) is 10.2 Å². The van der Waals surface area contributed by atoms with Crippen molar-refractivity contribution in [2.45, 2.75) is 58.6 Å². The van der Waals surface area contributed by atoms with Crippen LogP contribution < -0.4 is 15.4 Å². The van der Waals surface area contributed by atoms with E-state index in [1.807, 2.05) is 43.4 Å². The van der Waals surface area contributed by atoms with Crippen molar-refractivity contribution in [3.05, 3.63) is 54.2 Å². The van der Waals surface area contributed by atoms with Gasteiger partial charge in [-0.05, 0) is 87.8 Å². The van der Waals surface area contributed by atoms with E-state index in [1.54, 1.807) is 17.8 Å². The lowest BCUT2D eigenvalue weighted by molar-refractivity contribution is 0.101. The molecule has 13 heteroatoms. The number of ether oxygens (including phenoxy) is 1. The fourth-order valence-electron chi connectivity index (χ4n) is 3.99. The van der Waals surface area contributed by atoms with Crippen LogP contribution in [0.2, 0.25) is 0 Å². The molecule has 1 aromatic carbocycles. The summed E-state index contributed by atoms with van der Waals surface area (Å²) in [5, 5.41) is 16.1. The summed E-state index contributed by atoms with van der Waals surface area (Å²) in [7, 11) is 1.86. The second kappa shape index (κ2) is 11.8. The van der Waals surface area contributed by atoms with Crippen molar-refractivity contribution in [1.29, 1.82) is 0 Å². The van der Waals surface area contributed by atoms with Gasteiger partial charge in [0.25, 0.3) is 5.91 Å². The zero-order valence-electron chi connectivity index (χ0n) is 21.3. The summed E-state index contributed by atoms with van der Waals surface area (Å²) in [5.41, 5.74) is 0.470. The quantitative estimate of drug-likeness (QED) is 0.275. The molecular weight excluding hydrogens is 541 g/mol. The lowest BCUT2D eigenvalue weighted by atomic mass is 9.97. The molecule has 0 spiro atoms. The Morgan fingerprint density at radius 3 is 2.74 bits per heavy atom. The molecule has 2 N–H and O–H groups in total. The number of carbonyl (C=O) groups excluding carboxylic acids is 1. The third-order valence-corrected chi connectivity index (χ3v) is 8.86. The predicted octanol–water partition coefficient (Wildman–Crippen LogP) is 4.84. The molecular formula is C25H28N8O2S3. The maximum Gasteiger partial charge on any atom is 0.277 e. The van der Waals surface area contributed by atoms with Crippen LogP contribution in [0, 0.1) is 6.92 Å². The van der Waals surface area contributed by atoms with E-state index in [2.05, 4.69) is 42.1 Å². The van der Waals surface area contributed by atoms with E-state index in [0.717, 1.165) is 40.0 Å². The highest BCUT2D eigenvalue weighted by Crippen LogP contribution is 2.34. The fourth-order valence-corrected chi connectivity index (χ4v) is 6.20. The Bertz CT molecular complexity index is 1400. The van der Waals surface area contributed by atoms with Gasteiger partial charge in [-0.25, -0.2) is 9.97 Å². The first kappa shape index (κ1) is 26.6. The van der Waals surface area contributed by atoms with Crippen molar-refractivity contribution < 1.29 is 9.53 Å². The monoisotopic (exact) mass is 568 g/mol. The van der Waals surface area contributed by atoms with Crippen molar-refractivity contribution in [2.75, 3.05) is 18.5 Å². The normalized spacial score (nSPS) is 17.0. The van der Waals surface area contributed by atoms with Gasteiger partial charge >= 0.3 is 0 Å². The van der Waals surface area contributed by atoms with Crippen molar-refractivity contribution in [1.82, 2.24) is 34.4 Å². The van der Waals surface area contributed by atoms with Gasteiger partial charge in [0, 0.05) is 33.9 Å². The number of hydrogen-bond acceptors (Lipinski definition) is 11. The zero-order chi connectivity index (χ0) is 26.5. The molecule has 0 unspecified atom stereocenters. The number of hydrogen-bond donors (Lipinski definition) is 2. The van der Waals surface area contributed by atoms with Crippen LogP contribution in [0.1, 0.15) is 42.5 Å². The SMILES string of the molecule is Cc1nsc(NC(=O)c2nc(Sc3nncn3C)ccc2Sc2ccc(OCC[C@]3(C)CCCN3)cc2)n1. The maximum absolute atomic E-state index is 13.2. The molecule has 0 bridgehead atoms. The Morgan fingerprint density at radius 2 is 2.05 bits per heavy atom. The van der Waals surface area contributed by atoms with Gasteiger partial charge in [-0.2, -0.15) is 4.37 Å². The Labute approximate surface area is 233 Å². The summed E-state index contributed by atoms with van der Waals surface area (Å²) in [6, 6.07) is 11.7. The highest BCUT2D eigenvalue weighted by molar-refractivity contribution is 7.99.